The van der Waals surface area contributed by atoms with Crippen LogP contribution in [0.25, 0.3) is 11.2 Å². The second-order valence-electron chi connectivity index (χ2n) is 15.4. The van der Waals surface area contributed by atoms with Gasteiger partial charge in [-0.15, -0.1) is 9.42 Å². The van der Waals surface area contributed by atoms with Gasteiger partial charge < -0.3 is 49.2 Å². The summed E-state index contributed by atoms with van der Waals surface area (Å²) in [7, 11) is -24.0. The van der Waals surface area contributed by atoms with Gasteiger partial charge in [-0.2, -0.15) is 12.9 Å². The molecule has 7 N–H and O–H groups in total. The van der Waals surface area contributed by atoms with Gasteiger partial charge in [-0.05, 0) is 36.6 Å². The fraction of sp³-hybridized carbons (Fsp3) is 0.541. The Morgan fingerprint density at radius 2 is 1.52 bits per heavy atom. The monoisotopic (exact) mass is 1070 g/mol. The van der Waals surface area contributed by atoms with E-state index in [2.05, 4.69) is 23.6 Å². The molecule has 2 aliphatic rings. The fourth-order valence-electron chi connectivity index (χ4n) is 6.85. The molecule has 32 heteroatoms. The van der Waals surface area contributed by atoms with E-state index < -0.39 is 91.9 Å². The lowest BCUT2D eigenvalue weighted by Crippen LogP contribution is -2.34. The number of phosphoric acid groups is 3. The number of hydrogen-bond donors (Lipinski definition) is 6. The minimum Gasteiger partial charge on any atom is -0.390 e. The van der Waals surface area contributed by atoms with Crippen molar-refractivity contribution in [3.05, 3.63) is 77.9 Å². The molecule has 4 aromatic rings. The molecule has 2 fully saturated rings. The minimum absolute atomic E-state index is 0.0102. The Morgan fingerprint density at radius 3 is 2.20 bits per heavy atom. The number of aliphatic hydroxyl groups is 1. The molecule has 2 aromatic carbocycles. The van der Waals surface area contributed by atoms with Crippen LogP contribution in [0.1, 0.15) is 49.1 Å². The molecule has 2 aliphatic heterocycles. The average molecular weight is 1070 g/mol. The Kier molecular flexibility index (Phi) is 19.6. The molecule has 0 amide bonds. The molecular formula is C37H53N6O21P4S+. The van der Waals surface area contributed by atoms with Gasteiger partial charge >= 0.3 is 31.7 Å². The highest BCUT2D eigenvalue weighted by molar-refractivity contribution is 7.89. The molecule has 2 saturated heterocycles. The summed E-state index contributed by atoms with van der Waals surface area (Å²) in [4.78, 5) is 52.3. The van der Waals surface area contributed by atoms with Crippen LogP contribution < -0.4 is 5.73 Å². The van der Waals surface area contributed by atoms with Gasteiger partial charge in [0.15, 0.2) is 17.8 Å². The van der Waals surface area contributed by atoms with Crippen molar-refractivity contribution >= 4 is 58.7 Å². The number of ether oxygens (including phenoxy) is 5. The van der Waals surface area contributed by atoms with Gasteiger partial charge in [-0.3, -0.25) is 13.6 Å². The normalized spacial score (nSPS) is 23.8. The van der Waals surface area contributed by atoms with Gasteiger partial charge in [0.25, 0.3) is 0 Å². The number of fused-ring (bicyclic) bond motifs is 1. The second kappa shape index (κ2) is 24.5. The Labute approximate surface area is 396 Å². The first kappa shape index (κ1) is 55.2. The van der Waals surface area contributed by atoms with Crippen LogP contribution >= 0.6 is 31.7 Å². The lowest BCUT2D eigenvalue weighted by Gasteiger charge is -2.23. The number of aromatic nitrogens is 4. The molecule has 4 heterocycles. The van der Waals surface area contributed by atoms with Crippen molar-refractivity contribution in [2.45, 2.75) is 88.1 Å². The van der Waals surface area contributed by atoms with Gasteiger partial charge in [0.1, 0.15) is 36.4 Å². The zero-order valence-electron chi connectivity index (χ0n) is 37.0. The number of imidazole rings is 1. The quantitative estimate of drug-likeness (QED) is 0.0348. The lowest BCUT2D eigenvalue weighted by atomic mass is 10.1. The predicted molar refractivity (Wildman–Crippen MR) is 238 cm³/mol. The highest BCUT2D eigenvalue weighted by Gasteiger charge is 2.46. The van der Waals surface area contributed by atoms with E-state index in [1.165, 1.54) is 57.9 Å². The SMILES string of the molecule is CCCOCCOCCN(Cc1ccc(COP(=O)(O)OP(=O)(O)OP(=O)(O)OC[C@H]2O[C@@H](OC[C@H]3O[C@@H](n4cnc5c(N)ncnc54)C[C@@H]3O[P+](=O)O)C[C@H]2O)cc1)S(=O)(=O)c1ccc(C)cc1. The van der Waals surface area contributed by atoms with Crippen LogP contribution in [0.3, 0.4) is 0 Å². The maximum atomic E-state index is 13.6. The van der Waals surface area contributed by atoms with Crippen molar-refractivity contribution in [1.29, 1.82) is 0 Å². The van der Waals surface area contributed by atoms with Gasteiger partial charge in [-0.1, -0.05) is 48.9 Å². The summed E-state index contributed by atoms with van der Waals surface area (Å²) < 4.78 is 131. The van der Waals surface area contributed by atoms with Crippen LogP contribution in [-0.4, -0.2) is 134 Å². The summed E-state index contributed by atoms with van der Waals surface area (Å²) in [6, 6.07) is 12.3. The lowest BCUT2D eigenvalue weighted by molar-refractivity contribution is -0.167. The van der Waals surface area contributed by atoms with Crippen LogP contribution in [0, 0.1) is 6.92 Å². The number of anilines is 1. The number of rotatable bonds is 28. The van der Waals surface area contributed by atoms with Crippen LogP contribution in [0.4, 0.5) is 5.82 Å². The number of sulfonamides is 1. The molecule has 2 aromatic heterocycles. The van der Waals surface area contributed by atoms with Crippen molar-refractivity contribution in [3.63, 3.8) is 0 Å². The maximum absolute atomic E-state index is 13.6. The highest BCUT2D eigenvalue weighted by Crippen LogP contribution is 2.68. The minimum atomic E-state index is -5.88. The summed E-state index contributed by atoms with van der Waals surface area (Å²) in [5, 5.41) is 10.5. The summed E-state index contributed by atoms with van der Waals surface area (Å²) in [5.41, 5.74) is 8.14. The van der Waals surface area contributed by atoms with Crippen LogP contribution in [0.5, 0.6) is 0 Å². The van der Waals surface area contributed by atoms with Crippen molar-refractivity contribution in [2.75, 3.05) is 51.9 Å². The second-order valence-corrected chi connectivity index (χ2v) is 22.7. The topological polar surface area (TPSA) is 369 Å². The van der Waals surface area contributed by atoms with Gasteiger partial charge in [0, 0.05) is 37.1 Å². The zero-order chi connectivity index (χ0) is 50.0. The van der Waals surface area contributed by atoms with Crippen molar-refractivity contribution in [1.82, 2.24) is 23.8 Å². The van der Waals surface area contributed by atoms with Gasteiger partial charge in [0.05, 0.1) is 57.0 Å². The summed E-state index contributed by atoms with van der Waals surface area (Å²) in [6.07, 6.45) is -3.31. The maximum Gasteiger partial charge on any atom is 0.695 e. The fourth-order valence-corrected chi connectivity index (χ4v) is 12.2. The smallest absolute Gasteiger partial charge is 0.390 e. The van der Waals surface area contributed by atoms with Crippen molar-refractivity contribution < 1.29 is 97.2 Å². The average Bonchev–Trinajstić information content (AvgIpc) is 3.99. The van der Waals surface area contributed by atoms with E-state index in [0.29, 0.717) is 29.9 Å². The number of phosphoric ester groups is 2. The molecule has 0 bridgehead atoms. The molecule has 27 nitrogen and oxygen atoms in total. The summed E-state index contributed by atoms with van der Waals surface area (Å²) >= 11 is 0. The predicted octanol–water partition coefficient (Wildman–Crippen LogP) is 3.73. The van der Waals surface area contributed by atoms with Crippen LogP contribution in [0.15, 0.2) is 66.1 Å². The Morgan fingerprint density at radius 1 is 0.855 bits per heavy atom. The number of nitrogens with two attached hydrogens (primary N) is 1. The third kappa shape index (κ3) is 16.2. The van der Waals surface area contributed by atoms with E-state index in [-0.39, 0.29) is 62.0 Å². The standard InChI is InChI=1S/C37H52N6O21P4S/c1-3-13-55-15-16-56-14-12-42(69(53,54)28-10-4-25(2)5-11-28)19-26-6-8-27(9-7-26)20-58-66(47,48)63-68(51,52)64-67(49,50)59-22-31-29(44)17-34(61-31)57-21-32-30(62-65(45)46)18-33(60-32)43-24-41-35-36(38)39-23-40-37(35)43/h4-11,23-24,29-34,44H,3,12-22H2,1-2H3,(H5-,38,39,40,45,46,47,48,49,50,51,52)/p+1/t29-,30+,31-,32-,33-,34-/m1/s1. The number of nitrogens with zero attached hydrogens (tertiary/aromatic N) is 5. The van der Waals surface area contributed by atoms with E-state index in [0.717, 1.165) is 12.0 Å². The molecule has 69 heavy (non-hydrogen) atoms. The highest BCUT2D eigenvalue weighted by atomic mass is 32.2. The molecule has 4 unspecified atom stereocenters. The molecule has 382 valence electrons. The van der Waals surface area contributed by atoms with Crippen molar-refractivity contribution in [3.8, 4) is 0 Å². The Bertz CT molecular complexity index is 2600. The third-order valence-electron chi connectivity index (χ3n) is 10.2. The first-order valence-corrected chi connectivity index (χ1v) is 28.1. The van der Waals surface area contributed by atoms with Crippen LogP contribution in [-0.2, 0) is 87.3 Å². The number of nitrogen functional groups attached to an aromatic ring is 1. The molecule has 0 spiro atoms. The zero-order valence-corrected chi connectivity index (χ0v) is 41.4. The van der Waals surface area contributed by atoms with E-state index in [1.807, 2.05) is 13.8 Å². The van der Waals surface area contributed by atoms with E-state index in [9.17, 15) is 51.4 Å². The number of aryl methyl sites for hydroxylation is 1. The molecule has 6 rings (SSSR count). The van der Waals surface area contributed by atoms with E-state index in [4.69, 9.17) is 43.0 Å². The van der Waals surface area contributed by atoms with Gasteiger partial charge in [-0.25, -0.2) is 37.1 Å². The molecule has 0 aliphatic carbocycles. The first-order valence-electron chi connectivity index (χ1n) is 21.0. The molecule has 0 radical (unpaired) electrons. The molecule has 0 saturated carbocycles. The molecular weight excluding hydrogens is 1020 g/mol. The molecule has 10 atom stereocenters. The largest absolute Gasteiger partial charge is 0.695 e. The Balaban J connectivity index is 0.955. The number of benzene rings is 2. The summed E-state index contributed by atoms with van der Waals surface area (Å²) in [6.45, 7) is 3.12. The van der Waals surface area contributed by atoms with Crippen molar-refractivity contribution in [2.24, 2.45) is 0 Å². The number of hydrogen-bond acceptors (Lipinski definition) is 21. The van der Waals surface area contributed by atoms with E-state index >= 15 is 0 Å². The first-order chi connectivity index (χ1) is 32.6. The van der Waals surface area contributed by atoms with Gasteiger partial charge in [0.2, 0.25) is 10.0 Å². The Hall–Kier alpha value is -3.11. The van der Waals surface area contributed by atoms with Crippen LogP contribution in [0.2, 0.25) is 0 Å². The number of aliphatic hydroxyl groups excluding tert-OH is 1. The van der Waals surface area contributed by atoms with E-state index in [1.54, 1.807) is 12.1 Å². The third-order valence-corrected chi connectivity index (χ3v) is 16.7. The summed E-state index contributed by atoms with van der Waals surface area (Å²) in [5.74, 6) is 0.124.